The van der Waals surface area contributed by atoms with E-state index in [2.05, 4.69) is 19.5 Å². The summed E-state index contributed by atoms with van der Waals surface area (Å²) >= 11 is 0. The van der Waals surface area contributed by atoms with Crippen molar-refractivity contribution in [1.29, 1.82) is 0 Å². The van der Waals surface area contributed by atoms with E-state index in [1.807, 2.05) is 0 Å². The van der Waals surface area contributed by atoms with E-state index in [4.69, 9.17) is 5.53 Å². The third-order valence-electron chi connectivity index (χ3n) is 2.19. The number of hydrogen-bond donors (Lipinski definition) is 0. The highest BCUT2D eigenvalue weighted by atomic mass is 19.3. The van der Waals surface area contributed by atoms with Gasteiger partial charge in [-0.1, -0.05) is 23.3 Å². The minimum Gasteiger partial charge on any atom is -0.395 e. The van der Waals surface area contributed by atoms with E-state index >= 15 is 0 Å². The maximum atomic E-state index is 12.8. The molecule has 0 radical (unpaired) electrons. The summed E-state index contributed by atoms with van der Waals surface area (Å²) in [7, 11) is 0. The molecular weight excluding hydrogens is 244 g/mol. The minimum atomic E-state index is -3.59. The topological polar surface area (TPSA) is 67.2 Å². The van der Waals surface area contributed by atoms with Crippen LogP contribution in [-0.2, 0) is 0 Å². The molecule has 1 aliphatic heterocycles. The Kier molecular flexibility index (Phi) is 3.34. The van der Waals surface area contributed by atoms with Crippen LogP contribution in [0, 0.1) is 0 Å². The summed E-state index contributed by atoms with van der Waals surface area (Å²) < 4.78 is 34.1. The van der Waals surface area contributed by atoms with E-state index in [0.717, 1.165) is 0 Å². The zero-order chi connectivity index (χ0) is 13.0. The van der Waals surface area contributed by atoms with Gasteiger partial charge >= 0.3 is 6.29 Å². The van der Waals surface area contributed by atoms with Crippen LogP contribution in [0.3, 0.4) is 0 Å². The van der Waals surface area contributed by atoms with E-state index in [1.165, 1.54) is 12.1 Å². The molecule has 1 aromatic carbocycles. The number of alkyl halides is 2. The van der Waals surface area contributed by atoms with Crippen molar-refractivity contribution >= 4 is 6.08 Å². The van der Waals surface area contributed by atoms with Crippen molar-refractivity contribution in [1.82, 2.24) is 0 Å². The van der Waals surface area contributed by atoms with Crippen molar-refractivity contribution in [3.8, 4) is 11.5 Å². The van der Waals surface area contributed by atoms with Crippen LogP contribution in [0.5, 0.6) is 11.5 Å². The first-order valence-corrected chi connectivity index (χ1v) is 5.18. The Hall–Kier alpha value is -2.27. The summed E-state index contributed by atoms with van der Waals surface area (Å²) in [6.07, 6.45) is 0.498. The Morgan fingerprint density at radius 1 is 1.33 bits per heavy atom. The van der Waals surface area contributed by atoms with E-state index in [1.54, 1.807) is 18.2 Å². The number of benzene rings is 1. The molecule has 0 N–H and O–H groups in total. The van der Waals surface area contributed by atoms with Crippen LogP contribution in [0.2, 0.25) is 0 Å². The molecule has 0 bridgehead atoms. The summed E-state index contributed by atoms with van der Waals surface area (Å²) in [5.41, 5.74) is 8.77. The lowest BCUT2D eigenvalue weighted by Crippen LogP contribution is -2.25. The highest BCUT2D eigenvalue weighted by Gasteiger charge is 2.43. The quantitative estimate of drug-likeness (QED) is 0.355. The first-order chi connectivity index (χ1) is 8.61. The number of rotatable bonds is 4. The fraction of sp³-hybridized carbons (Fsp3) is 0.273. The highest BCUT2D eigenvalue weighted by molar-refractivity contribution is 5.56. The van der Waals surface area contributed by atoms with Gasteiger partial charge in [0.25, 0.3) is 0 Å². The molecule has 0 amide bonds. The van der Waals surface area contributed by atoms with Crippen molar-refractivity contribution < 1.29 is 18.3 Å². The van der Waals surface area contributed by atoms with Gasteiger partial charge in [-0.3, -0.25) is 0 Å². The van der Waals surface area contributed by atoms with Crippen molar-refractivity contribution in [3.63, 3.8) is 0 Å². The second-order valence-corrected chi connectivity index (χ2v) is 3.52. The molecule has 0 unspecified atom stereocenters. The van der Waals surface area contributed by atoms with Crippen molar-refractivity contribution in [3.05, 3.63) is 40.3 Å². The summed E-state index contributed by atoms with van der Waals surface area (Å²) in [5, 5.41) is 3.37. The van der Waals surface area contributed by atoms with Crippen LogP contribution in [0.4, 0.5) is 8.78 Å². The van der Waals surface area contributed by atoms with Gasteiger partial charge in [0.15, 0.2) is 11.5 Å². The molecule has 0 aromatic heterocycles. The predicted octanol–water partition coefficient (Wildman–Crippen LogP) is 3.72. The Morgan fingerprint density at radius 2 is 2.11 bits per heavy atom. The van der Waals surface area contributed by atoms with Gasteiger partial charge in [-0.05, 0) is 29.6 Å². The van der Waals surface area contributed by atoms with Gasteiger partial charge in [-0.15, -0.1) is 8.78 Å². The average Bonchev–Trinajstić information content (AvgIpc) is 2.62. The zero-order valence-electron chi connectivity index (χ0n) is 9.22. The van der Waals surface area contributed by atoms with Gasteiger partial charge in [0.2, 0.25) is 0 Å². The van der Waals surface area contributed by atoms with Crippen LogP contribution in [-0.4, -0.2) is 12.8 Å². The van der Waals surface area contributed by atoms with Gasteiger partial charge in [-0.2, -0.15) is 0 Å². The number of nitrogens with zero attached hydrogens (tertiary/aromatic N) is 3. The highest BCUT2D eigenvalue weighted by Crippen LogP contribution is 2.41. The van der Waals surface area contributed by atoms with Gasteiger partial charge in [0.05, 0.1) is 0 Å². The lowest BCUT2D eigenvalue weighted by atomic mass is 10.2. The zero-order valence-corrected chi connectivity index (χ0v) is 9.22. The molecule has 1 aromatic rings. The Balaban J connectivity index is 2.02. The smallest absolute Gasteiger partial charge is 0.395 e. The SMILES string of the molecule is [N-]=[N+]=NCCC=Cc1ccc2c(c1)OC(F)(F)O2. The largest absolute Gasteiger partial charge is 0.586 e. The molecule has 0 fully saturated rings. The predicted molar refractivity (Wildman–Crippen MR) is 60.3 cm³/mol. The molecule has 94 valence electrons. The Labute approximate surface area is 101 Å². The van der Waals surface area contributed by atoms with E-state index in [-0.39, 0.29) is 11.5 Å². The first kappa shape index (κ1) is 12.2. The Bertz CT molecular complexity index is 525. The molecule has 0 atom stereocenters. The molecule has 0 saturated heterocycles. The number of fused-ring (bicyclic) bond motifs is 1. The third-order valence-corrected chi connectivity index (χ3v) is 2.19. The molecule has 7 heteroatoms. The third kappa shape index (κ3) is 2.89. The van der Waals surface area contributed by atoms with Crippen molar-refractivity contribution in [2.45, 2.75) is 12.7 Å². The molecule has 2 rings (SSSR count). The molecule has 1 aliphatic rings. The summed E-state index contributed by atoms with van der Waals surface area (Å²) in [6, 6.07) is 4.51. The monoisotopic (exact) mass is 253 g/mol. The Morgan fingerprint density at radius 3 is 2.89 bits per heavy atom. The maximum Gasteiger partial charge on any atom is 0.586 e. The molecule has 1 heterocycles. The fourth-order valence-corrected chi connectivity index (χ4v) is 1.47. The number of azide groups is 1. The van der Waals surface area contributed by atoms with Gasteiger partial charge < -0.3 is 9.47 Å². The van der Waals surface area contributed by atoms with Crippen LogP contribution >= 0.6 is 0 Å². The molecule has 0 aliphatic carbocycles. The number of halogens is 2. The van der Waals surface area contributed by atoms with Gasteiger partial charge in [-0.25, -0.2) is 0 Å². The van der Waals surface area contributed by atoms with Crippen LogP contribution < -0.4 is 9.47 Å². The average molecular weight is 253 g/mol. The lowest BCUT2D eigenvalue weighted by molar-refractivity contribution is -0.286. The standard InChI is InChI=1S/C11H9F2N3O2/c12-11(13)17-9-5-4-8(7-10(9)18-11)3-1-2-6-15-16-14/h1,3-5,7H,2,6H2. The molecular formula is C11H9F2N3O2. The molecule has 5 nitrogen and oxygen atoms in total. The van der Waals surface area contributed by atoms with Crippen molar-refractivity contribution in [2.75, 3.05) is 6.54 Å². The first-order valence-electron chi connectivity index (χ1n) is 5.18. The van der Waals surface area contributed by atoms with Crippen LogP contribution in [0.1, 0.15) is 12.0 Å². The molecule has 0 spiro atoms. The molecule has 18 heavy (non-hydrogen) atoms. The second-order valence-electron chi connectivity index (χ2n) is 3.52. The maximum absolute atomic E-state index is 12.8. The summed E-state index contributed by atoms with van der Waals surface area (Å²) in [6.45, 7) is 0.357. The van der Waals surface area contributed by atoms with E-state index in [0.29, 0.717) is 18.5 Å². The van der Waals surface area contributed by atoms with Crippen LogP contribution in [0.25, 0.3) is 16.5 Å². The number of ether oxygens (including phenoxy) is 2. The lowest BCUT2D eigenvalue weighted by Gasteiger charge is -2.04. The van der Waals surface area contributed by atoms with Crippen LogP contribution in [0.15, 0.2) is 29.4 Å². The second kappa shape index (κ2) is 4.93. The van der Waals surface area contributed by atoms with Gasteiger partial charge in [0, 0.05) is 11.5 Å². The fourth-order valence-electron chi connectivity index (χ4n) is 1.47. The normalized spacial score (nSPS) is 15.7. The van der Waals surface area contributed by atoms with E-state index < -0.39 is 6.29 Å². The molecule has 0 saturated carbocycles. The summed E-state index contributed by atoms with van der Waals surface area (Å²) in [5.74, 6) is 0.0310. The minimum absolute atomic E-state index is 0.0113. The van der Waals surface area contributed by atoms with Crippen molar-refractivity contribution in [2.24, 2.45) is 5.11 Å². The number of hydrogen-bond acceptors (Lipinski definition) is 3. The van der Waals surface area contributed by atoms with E-state index in [9.17, 15) is 8.78 Å². The summed E-state index contributed by atoms with van der Waals surface area (Å²) in [4.78, 5) is 2.61. The van der Waals surface area contributed by atoms with Gasteiger partial charge in [0.1, 0.15) is 0 Å².